The van der Waals surface area contributed by atoms with Crippen LogP contribution in [0.25, 0.3) is 0 Å². The fourth-order valence-electron chi connectivity index (χ4n) is 1.19. The van der Waals surface area contributed by atoms with Gasteiger partial charge in [0, 0.05) is 12.5 Å². The molecule has 0 aromatic carbocycles. The van der Waals surface area contributed by atoms with Crippen molar-refractivity contribution in [2.75, 3.05) is 0 Å². The third kappa shape index (κ3) is 2.48. The molecule has 1 aliphatic rings. The second-order valence-corrected chi connectivity index (χ2v) is 3.37. The Morgan fingerprint density at radius 1 is 1.58 bits per heavy atom. The molecule has 0 aromatic heterocycles. The average molecular weight is 171 g/mol. The lowest BCUT2D eigenvalue weighted by Crippen LogP contribution is -2.46. The van der Waals surface area contributed by atoms with Gasteiger partial charge in [0.05, 0.1) is 0 Å². The molecule has 12 heavy (non-hydrogen) atoms. The summed E-state index contributed by atoms with van der Waals surface area (Å²) < 4.78 is 5.14. The molecule has 2 atom stereocenters. The maximum absolute atomic E-state index is 11.1. The first-order valence-corrected chi connectivity index (χ1v) is 4.69. The predicted octanol–water partition coefficient (Wildman–Crippen LogP) is 1.21. The second-order valence-electron chi connectivity index (χ2n) is 3.37. The van der Waals surface area contributed by atoms with Crippen LogP contribution in [0.4, 0.5) is 0 Å². The van der Waals surface area contributed by atoms with Crippen molar-refractivity contribution in [1.29, 1.82) is 0 Å². The summed E-state index contributed by atoms with van der Waals surface area (Å²) in [4.78, 5) is 11.1. The zero-order valence-corrected chi connectivity index (χ0v) is 7.58. The van der Waals surface area contributed by atoms with Crippen molar-refractivity contribution >= 4 is 5.97 Å². The lowest BCUT2D eigenvalue weighted by atomic mass is 9.90. The molecule has 1 fully saturated rings. The topological polar surface area (TPSA) is 52.3 Å². The number of hydrogen-bond donors (Lipinski definition) is 1. The molecule has 0 amide bonds. The van der Waals surface area contributed by atoms with E-state index < -0.39 is 0 Å². The van der Waals surface area contributed by atoms with Gasteiger partial charge in [0.15, 0.2) is 0 Å². The van der Waals surface area contributed by atoms with Gasteiger partial charge in [-0.05, 0) is 19.3 Å². The monoisotopic (exact) mass is 171 g/mol. The van der Waals surface area contributed by atoms with Crippen LogP contribution in [0.1, 0.15) is 39.0 Å². The number of rotatable bonds is 4. The van der Waals surface area contributed by atoms with Gasteiger partial charge >= 0.3 is 5.97 Å². The van der Waals surface area contributed by atoms with Gasteiger partial charge in [-0.15, -0.1) is 0 Å². The third-order valence-electron chi connectivity index (χ3n) is 2.28. The van der Waals surface area contributed by atoms with E-state index in [9.17, 15) is 4.79 Å². The van der Waals surface area contributed by atoms with Crippen LogP contribution in [0.5, 0.6) is 0 Å². The summed E-state index contributed by atoms with van der Waals surface area (Å²) in [5.74, 6) is -0.0861. The minimum absolute atomic E-state index is 0.00866. The van der Waals surface area contributed by atoms with Gasteiger partial charge in [0.1, 0.15) is 6.10 Å². The van der Waals surface area contributed by atoms with E-state index in [0.717, 1.165) is 25.7 Å². The van der Waals surface area contributed by atoms with Gasteiger partial charge in [-0.2, -0.15) is 0 Å². The highest BCUT2D eigenvalue weighted by Gasteiger charge is 2.30. The molecule has 1 saturated carbocycles. The molecular weight excluding hydrogens is 154 g/mol. The average Bonchev–Trinajstić information content (AvgIpc) is 2.08. The quantitative estimate of drug-likeness (QED) is 0.647. The molecular formula is C9H17NO2. The summed E-state index contributed by atoms with van der Waals surface area (Å²) in [6, 6.07) is 0.0931. The van der Waals surface area contributed by atoms with Crippen LogP contribution in [-0.4, -0.2) is 18.1 Å². The number of unbranched alkanes of at least 4 members (excludes halogenated alkanes) is 1. The number of hydrogen-bond acceptors (Lipinski definition) is 3. The standard InChI is InChI=1S/C9H17NO2/c1-2-3-4-9(11)12-8-6-5-7(8)10/h7-8H,2-6,10H2,1H3. The van der Waals surface area contributed by atoms with E-state index in [0.29, 0.717) is 6.42 Å². The van der Waals surface area contributed by atoms with E-state index in [1.807, 2.05) is 0 Å². The first-order valence-electron chi connectivity index (χ1n) is 4.69. The van der Waals surface area contributed by atoms with Gasteiger partial charge in [0.2, 0.25) is 0 Å². The van der Waals surface area contributed by atoms with Gasteiger partial charge in [0.25, 0.3) is 0 Å². The Bertz CT molecular complexity index is 159. The van der Waals surface area contributed by atoms with Crippen LogP contribution in [0.15, 0.2) is 0 Å². The van der Waals surface area contributed by atoms with E-state index in [1.54, 1.807) is 0 Å². The Labute approximate surface area is 73.3 Å². The molecule has 0 bridgehead atoms. The molecule has 0 radical (unpaired) electrons. The van der Waals surface area contributed by atoms with Gasteiger partial charge in [-0.1, -0.05) is 13.3 Å². The smallest absolute Gasteiger partial charge is 0.306 e. The van der Waals surface area contributed by atoms with Gasteiger partial charge in [-0.3, -0.25) is 4.79 Å². The van der Waals surface area contributed by atoms with Crippen molar-refractivity contribution in [3.05, 3.63) is 0 Å². The highest BCUT2D eigenvalue weighted by molar-refractivity contribution is 5.69. The fraction of sp³-hybridized carbons (Fsp3) is 0.889. The summed E-state index contributed by atoms with van der Waals surface area (Å²) in [5, 5.41) is 0. The highest BCUT2D eigenvalue weighted by atomic mass is 16.5. The van der Waals surface area contributed by atoms with Crippen LogP contribution in [0.3, 0.4) is 0 Å². The maximum Gasteiger partial charge on any atom is 0.306 e. The van der Waals surface area contributed by atoms with Gasteiger partial charge in [-0.25, -0.2) is 0 Å². The summed E-state index contributed by atoms with van der Waals surface area (Å²) in [6.45, 7) is 2.06. The molecule has 2 N–H and O–H groups in total. The van der Waals surface area contributed by atoms with Crippen LogP contribution in [0.2, 0.25) is 0 Å². The molecule has 0 aromatic rings. The lowest BCUT2D eigenvalue weighted by molar-refractivity contribution is -0.154. The summed E-state index contributed by atoms with van der Waals surface area (Å²) in [7, 11) is 0. The van der Waals surface area contributed by atoms with E-state index in [4.69, 9.17) is 10.5 Å². The van der Waals surface area contributed by atoms with E-state index in [1.165, 1.54) is 0 Å². The van der Waals surface area contributed by atoms with Gasteiger partial charge < -0.3 is 10.5 Å². The SMILES string of the molecule is CCCCC(=O)OC1CCC1N. The van der Waals surface area contributed by atoms with E-state index in [-0.39, 0.29) is 18.1 Å². The fourth-order valence-corrected chi connectivity index (χ4v) is 1.19. The molecule has 1 aliphatic carbocycles. The number of carbonyl (C=O) groups is 1. The number of esters is 1. The Morgan fingerprint density at radius 2 is 2.33 bits per heavy atom. The van der Waals surface area contributed by atoms with Crippen molar-refractivity contribution in [1.82, 2.24) is 0 Å². The highest BCUT2D eigenvalue weighted by Crippen LogP contribution is 2.21. The number of ether oxygens (including phenoxy) is 1. The lowest BCUT2D eigenvalue weighted by Gasteiger charge is -2.32. The zero-order chi connectivity index (χ0) is 8.97. The Hall–Kier alpha value is -0.570. The van der Waals surface area contributed by atoms with Crippen LogP contribution in [0, 0.1) is 0 Å². The second kappa shape index (κ2) is 4.45. The van der Waals surface area contributed by atoms with Crippen molar-refractivity contribution in [3.8, 4) is 0 Å². The Morgan fingerprint density at radius 3 is 2.75 bits per heavy atom. The van der Waals surface area contributed by atoms with Crippen LogP contribution in [-0.2, 0) is 9.53 Å². The molecule has 1 rings (SSSR count). The minimum atomic E-state index is -0.0861. The van der Waals surface area contributed by atoms with Crippen LogP contribution >= 0.6 is 0 Å². The first-order chi connectivity index (χ1) is 5.74. The first kappa shape index (κ1) is 9.52. The third-order valence-corrected chi connectivity index (χ3v) is 2.28. The molecule has 70 valence electrons. The van der Waals surface area contributed by atoms with Crippen molar-refractivity contribution < 1.29 is 9.53 Å². The van der Waals surface area contributed by atoms with Crippen LogP contribution < -0.4 is 5.73 Å². The molecule has 0 aliphatic heterocycles. The van der Waals surface area contributed by atoms with Crippen molar-refractivity contribution in [2.24, 2.45) is 5.73 Å². The maximum atomic E-state index is 11.1. The van der Waals surface area contributed by atoms with E-state index >= 15 is 0 Å². The molecule has 3 nitrogen and oxygen atoms in total. The Balaban J connectivity index is 2.09. The molecule has 2 unspecified atom stereocenters. The predicted molar refractivity (Wildman–Crippen MR) is 46.6 cm³/mol. The van der Waals surface area contributed by atoms with E-state index in [2.05, 4.69) is 6.92 Å². The summed E-state index contributed by atoms with van der Waals surface area (Å²) in [6.07, 6.45) is 4.44. The number of nitrogens with two attached hydrogens (primary N) is 1. The van der Waals surface area contributed by atoms with Crippen molar-refractivity contribution in [3.63, 3.8) is 0 Å². The molecule has 0 heterocycles. The minimum Gasteiger partial charge on any atom is -0.461 e. The van der Waals surface area contributed by atoms with Crippen molar-refractivity contribution in [2.45, 2.75) is 51.2 Å². The summed E-state index contributed by atoms with van der Waals surface area (Å²) >= 11 is 0. The normalized spacial score (nSPS) is 27.8. The molecule has 0 saturated heterocycles. The molecule has 0 spiro atoms. The Kier molecular flexibility index (Phi) is 3.53. The molecule has 3 heteroatoms. The largest absolute Gasteiger partial charge is 0.461 e. The number of carbonyl (C=O) groups excluding carboxylic acids is 1. The summed E-state index contributed by atoms with van der Waals surface area (Å²) in [5.41, 5.74) is 5.62. The zero-order valence-electron chi connectivity index (χ0n) is 7.58.